The highest BCUT2D eigenvalue weighted by molar-refractivity contribution is 7.80. The van der Waals surface area contributed by atoms with Gasteiger partial charge in [-0.2, -0.15) is 0 Å². The second-order valence-electron chi connectivity index (χ2n) is 6.42. The van der Waals surface area contributed by atoms with Gasteiger partial charge in [-0.25, -0.2) is 4.79 Å². The number of carbonyl (C=O) groups excluding carboxylic acids is 1. The van der Waals surface area contributed by atoms with Crippen LogP contribution in [0.15, 0.2) is 47.7 Å². The number of methoxy groups -OCH3 is 3. The molecule has 30 heavy (non-hydrogen) atoms. The van der Waals surface area contributed by atoms with E-state index < -0.39 is 12.0 Å². The quantitative estimate of drug-likeness (QED) is 0.496. The van der Waals surface area contributed by atoms with Crippen molar-refractivity contribution in [2.75, 3.05) is 26.2 Å². The van der Waals surface area contributed by atoms with Gasteiger partial charge in [0.2, 0.25) is 0 Å². The summed E-state index contributed by atoms with van der Waals surface area (Å²) in [6, 6.07) is 10.0. The molecule has 2 aromatic rings. The van der Waals surface area contributed by atoms with Crippen LogP contribution < -0.4 is 19.7 Å². The highest BCUT2D eigenvalue weighted by Crippen LogP contribution is 2.41. The van der Waals surface area contributed by atoms with Crippen LogP contribution in [-0.2, 0) is 9.53 Å². The second-order valence-corrected chi connectivity index (χ2v) is 7.65. The van der Waals surface area contributed by atoms with E-state index in [0.29, 0.717) is 43.5 Å². The molecule has 0 fully saturated rings. The van der Waals surface area contributed by atoms with E-state index in [0.717, 1.165) is 5.69 Å². The van der Waals surface area contributed by atoms with Gasteiger partial charge < -0.3 is 19.5 Å². The third-order valence-corrected chi connectivity index (χ3v) is 5.60. The minimum atomic E-state index is -0.592. The van der Waals surface area contributed by atoms with Gasteiger partial charge in [-0.05, 0) is 61.1 Å². The Morgan fingerprint density at radius 1 is 1.10 bits per heavy atom. The second kappa shape index (κ2) is 9.12. The molecule has 0 aromatic heterocycles. The number of rotatable bonds is 5. The van der Waals surface area contributed by atoms with Gasteiger partial charge in [0.25, 0.3) is 0 Å². The van der Waals surface area contributed by atoms with Crippen LogP contribution in [-0.4, -0.2) is 32.4 Å². The number of nitrogens with one attached hydrogen (secondary N) is 1. The number of allylic oxidation sites excluding steroid dienone is 1. The van der Waals surface area contributed by atoms with Crippen molar-refractivity contribution in [2.24, 2.45) is 0 Å². The summed E-state index contributed by atoms with van der Waals surface area (Å²) in [4.78, 5) is 14.5. The first-order valence-electron chi connectivity index (χ1n) is 8.89. The summed E-state index contributed by atoms with van der Waals surface area (Å²) in [6.45, 7) is 1.81. The summed E-state index contributed by atoms with van der Waals surface area (Å²) in [5.41, 5.74) is 2.46. The van der Waals surface area contributed by atoms with E-state index in [4.69, 9.17) is 49.6 Å². The molecule has 6 nitrogen and oxygen atoms in total. The topological polar surface area (TPSA) is 60.0 Å². The van der Waals surface area contributed by atoms with Gasteiger partial charge in [0, 0.05) is 16.4 Å². The summed E-state index contributed by atoms with van der Waals surface area (Å²) < 4.78 is 15.8. The number of hydrogen-bond donors (Lipinski definition) is 1. The van der Waals surface area contributed by atoms with Crippen LogP contribution in [0.4, 0.5) is 5.69 Å². The molecular formula is C21H20Cl2N2O4S. The van der Waals surface area contributed by atoms with Crippen LogP contribution in [0.2, 0.25) is 10.0 Å². The predicted octanol–water partition coefficient (Wildman–Crippen LogP) is 4.89. The Kier molecular flexibility index (Phi) is 6.75. The van der Waals surface area contributed by atoms with E-state index in [1.54, 1.807) is 29.2 Å². The lowest BCUT2D eigenvalue weighted by atomic mass is 9.94. The maximum Gasteiger partial charge on any atom is 0.337 e. The van der Waals surface area contributed by atoms with Gasteiger partial charge in [0.1, 0.15) is 0 Å². The van der Waals surface area contributed by atoms with Crippen LogP contribution in [0.5, 0.6) is 11.5 Å². The maximum absolute atomic E-state index is 12.8. The van der Waals surface area contributed by atoms with Crippen molar-refractivity contribution in [1.82, 2.24) is 5.32 Å². The van der Waals surface area contributed by atoms with Gasteiger partial charge in [0.15, 0.2) is 16.6 Å². The van der Waals surface area contributed by atoms with Gasteiger partial charge in [-0.1, -0.05) is 23.2 Å². The zero-order chi connectivity index (χ0) is 22.0. The largest absolute Gasteiger partial charge is 0.493 e. The van der Waals surface area contributed by atoms with Crippen molar-refractivity contribution in [3.8, 4) is 11.5 Å². The van der Waals surface area contributed by atoms with Gasteiger partial charge in [-0.3, -0.25) is 4.90 Å². The SMILES string of the molecule is COC(=O)C1=C(C)N(c2ccc(Cl)cc2)C(=S)NC1c1cc(Cl)c(OC)c(OC)c1. The predicted molar refractivity (Wildman–Crippen MR) is 122 cm³/mol. The van der Waals surface area contributed by atoms with Gasteiger partial charge in [-0.15, -0.1) is 0 Å². The molecule has 1 aliphatic heterocycles. The highest BCUT2D eigenvalue weighted by Gasteiger charge is 2.36. The molecule has 0 aliphatic carbocycles. The summed E-state index contributed by atoms with van der Waals surface area (Å²) in [7, 11) is 4.35. The lowest BCUT2D eigenvalue weighted by Gasteiger charge is -2.37. The Hall–Kier alpha value is -2.48. The molecule has 1 heterocycles. The number of esters is 1. The molecule has 0 spiro atoms. The first-order chi connectivity index (χ1) is 14.3. The fourth-order valence-corrected chi connectivity index (χ4v) is 4.16. The molecule has 1 atom stereocenters. The number of ether oxygens (including phenoxy) is 3. The number of anilines is 1. The Morgan fingerprint density at radius 3 is 2.33 bits per heavy atom. The minimum Gasteiger partial charge on any atom is -0.493 e. The molecule has 1 unspecified atom stereocenters. The number of halogens is 2. The van der Waals surface area contributed by atoms with E-state index in [1.807, 2.05) is 19.1 Å². The van der Waals surface area contributed by atoms with Crippen molar-refractivity contribution in [3.63, 3.8) is 0 Å². The minimum absolute atomic E-state index is 0.349. The molecule has 0 saturated carbocycles. The fraction of sp³-hybridized carbons (Fsp3) is 0.238. The number of carbonyl (C=O) groups is 1. The van der Waals surface area contributed by atoms with Crippen LogP contribution in [0, 0.1) is 0 Å². The van der Waals surface area contributed by atoms with Crippen molar-refractivity contribution < 1.29 is 19.0 Å². The molecule has 1 aliphatic rings. The first-order valence-corrected chi connectivity index (χ1v) is 10.1. The first kappa shape index (κ1) is 22.2. The van der Waals surface area contributed by atoms with Crippen LogP contribution in [0.1, 0.15) is 18.5 Å². The van der Waals surface area contributed by atoms with E-state index in [9.17, 15) is 4.79 Å². The average Bonchev–Trinajstić information content (AvgIpc) is 2.73. The van der Waals surface area contributed by atoms with Gasteiger partial charge in [0.05, 0.1) is 38.0 Å². The monoisotopic (exact) mass is 466 g/mol. The van der Waals surface area contributed by atoms with E-state index >= 15 is 0 Å². The van der Waals surface area contributed by atoms with Crippen LogP contribution >= 0.6 is 35.4 Å². The summed E-state index contributed by atoms with van der Waals surface area (Å²) in [6.07, 6.45) is 0. The van der Waals surface area contributed by atoms with Crippen LogP contribution in [0.3, 0.4) is 0 Å². The molecule has 0 saturated heterocycles. The molecule has 0 bridgehead atoms. The Bertz CT molecular complexity index is 1020. The summed E-state index contributed by atoms with van der Waals surface area (Å²) in [5.74, 6) is 0.358. The van der Waals surface area contributed by atoms with Crippen molar-refractivity contribution >= 4 is 52.2 Å². The third kappa shape index (κ3) is 4.05. The molecular weight excluding hydrogens is 447 g/mol. The zero-order valence-corrected chi connectivity index (χ0v) is 19.1. The maximum atomic E-state index is 12.8. The smallest absolute Gasteiger partial charge is 0.337 e. The molecule has 2 aromatic carbocycles. The summed E-state index contributed by atoms with van der Waals surface area (Å²) in [5, 5.41) is 4.58. The van der Waals surface area contributed by atoms with E-state index in [2.05, 4.69) is 5.32 Å². The van der Waals surface area contributed by atoms with E-state index in [-0.39, 0.29) is 0 Å². The van der Waals surface area contributed by atoms with Crippen LogP contribution in [0.25, 0.3) is 0 Å². The van der Waals surface area contributed by atoms with Gasteiger partial charge >= 0.3 is 5.97 Å². The summed E-state index contributed by atoms with van der Waals surface area (Å²) >= 11 is 18.0. The molecule has 158 valence electrons. The molecule has 0 radical (unpaired) electrons. The normalized spacial score (nSPS) is 16.3. The number of benzene rings is 2. The Labute approximate surface area is 190 Å². The molecule has 1 N–H and O–H groups in total. The van der Waals surface area contributed by atoms with Crippen molar-refractivity contribution in [3.05, 3.63) is 63.3 Å². The molecule has 0 amide bonds. The fourth-order valence-electron chi connectivity index (χ4n) is 3.37. The van der Waals surface area contributed by atoms with Crippen molar-refractivity contribution in [1.29, 1.82) is 0 Å². The highest BCUT2D eigenvalue weighted by atomic mass is 35.5. The number of nitrogens with zero attached hydrogens (tertiary/aromatic N) is 1. The number of hydrogen-bond acceptors (Lipinski definition) is 5. The number of thiocarbonyl (C=S) groups is 1. The average molecular weight is 467 g/mol. The third-order valence-electron chi connectivity index (χ3n) is 4.76. The Morgan fingerprint density at radius 2 is 1.77 bits per heavy atom. The lowest BCUT2D eigenvalue weighted by Crippen LogP contribution is -2.48. The zero-order valence-electron chi connectivity index (χ0n) is 16.8. The molecule has 3 rings (SSSR count). The van der Waals surface area contributed by atoms with Crippen molar-refractivity contribution in [2.45, 2.75) is 13.0 Å². The van der Waals surface area contributed by atoms with E-state index in [1.165, 1.54) is 21.3 Å². The molecule has 9 heteroatoms. The Balaban J connectivity index is 2.17. The lowest BCUT2D eigenvalue weighted by molar-refractivity contribution is -0.136. The standard InChI is InChI=1S/C21H20Cl2N2O4S/c1-11-17(20(26)29-4)18(12-9-15(23)19(28-3)16(10-12)27-2)24-21(30)25(11)14-7-5-13(22)6-8-14/h5-10,18H,1-4H3,(H,24,30).